The van der Waals surface area contributed by atoms with E-state index in [-0.39, 0.29) is 23.1 Å². The Morgan fingerprint density at radius 2 is 1.69 bits per heavy atom. The van der Waals surface area contributed by atoms with Crippen LogP contribution in [0.1, 0.15) is 56.2 Å². The zero-order valence-electron chi connectivity index (χ0n) is 30.6. The minimum Gasteiger partial charge on any atom is -0.496 e. The Bertz CT molecular complexity index is 2060. The van der Waals surface area contributed by atoms with Gasteiger partial charge in [-0.3, -0.25) is 19.4 Å². The number of carbonyl (C=O) groups excluding carboxylic acids is 1. The first-order valence-corrected chi connectivity index (χ1v) is 18.2. The molecule has 2 aliphatic rings. The quantitative estimate of drug-likeness (QED) is 0.159. The van der Waals surface area contributed by atoms with Crippen LogP contribution in [0, 0.1) is 32.1 Å². The van der Waals surface area contributed by atoms with E-state index in [4.69, 9.17) is 9.47 Å². The summed E-state index contributed by atoms with van der Waals surface area (Å²) < 4.78 is 13.5. The number of benzene rings is 2. The molecule has 0 bridgehead atoms. The zero-order valence-corrected chi connectivity index (χ0v) is 31.4. The summed E-state index contributed by atoms with van der Waals surface area (Å²) in [5.41, 5.74) is 8.53. The van der Waals surface area contributed by atoms with E-state index < -0.39 is 0 Å². The molecule has 266 valence electrons. The second-order valence-electron chi connectivity index (χ2n) is 13.5. The molecule has 2 aliphatic heterocycles. The minimum atomic E-state index is -0.245. The summed E-state index contributed by atoms with van der Waals surface area (Å²) in [7, 11) is 5.16. The van der Waals surface area contributed by atoms with Crippen LogP contribution < -0.4 is 15.0 Å². The summed E-state index contributed by atoms with van der Waals surface area (Å²) in [4.78, 5) is 38.1. The van der Waals surface area contributed by atoms with Gasteiger partial charge in [-0.1, -0.05) is 18.2 Å². The highest BCUT2D eigenvalue weighted by atomic mass is 32.1. The number of thiazole rings is 1. The van der Waals surface area contributed by atoms with E-state index in [2.05, 4.69) is 46.0 Å². The molecule has 0 spiro atoms. The fourth-order valence-corrected chi connectivity index (χ4v) is 8.08. The van der Waals surface area contributed by atoms with Gasteiger partial charge in [-0.15, -0.1) is 11.3 Å². The zero-order chi connectivity index (χ0) is 36.4. The molecular weight excluding hydrogens is 661 g/mol. The largest absolute Gasteiger partial charge is 0.496 e. The molecule has 0 aliphatic carbocycles. The number of methoxy groups -OCH3 is 2. The molecule has 0 saturated carbocycles. The standard InChI is InChI=1S/C40H46N6O4S/c1-25-21-42-38(51-25)19-31(20-41)40(48)46-12-11-33-29(9-8-10-32(33)28(46)4)22-44-13-15-45(16-14-44)24-35-36(49-6)17-30(18-37(35)50-7)34-23-43(5)39(47)27(3)26(34)2/h8-10,17-19,21,23,28H,11-16,22,24H2,1-7H3/b31-19+. The van der Waals surface area contributed by atoms with Gasteiger partial charge in [0.1, 0.15) is 28.1 Å². The average molecular weight is 707 g/mol. The minimum absolute atomic E-state index is 0.00715. The normalized spacial score (nSPS) is 16.9. The van der Waals surface area contributed by atoms with Crippen LogP contribution >= 0.6 is 11.3 Å². The van der Waals surface area contributed by atoms with Crippen molar-refractivity contribution in [3.8, 4) is 28.7 Å². The Morgan fingerprint density at radius 1 is 1.02 bits per heavy atom. The molecule has 2 aromatic carbocycles. The van der Waals surface area contributed by atoms with Gasteiger partial charge in [-0.25, -0.2) is 4.98 Å². The van der Waals surface area contributed by atoms with Gasteiger partial charge in [0.25, 0.3) is 11.5 Å². The number of nitriles is 1. The highest BCUT2D eigenvalue weighted by molar-refractivity contribution is 7.12. The van der Waals surface area contributed by atoms with Crippen LogP contribution in [0.3, 0.4) is 0 Å². The maximum atomic E-state index is 13.5. The summed E-state index contributed by atoms with van der Waals surface area (Å²) in [5.74, 6) is 1.29. The molecule has 4 heterocycles. The maximum absolute atomic E-state index is 13.5. The number of fused-ring (bicyclic) bond motifs is 1. The van der Waals surface area contributed by atoms with Crippen LogP contribution in [0.25, 0.3) is 17.2 Å². The predicted octanol–water partition coefficient (Wildman–Crippen LogP) is 5.82. The number of amides is 1. The van der Waals surface area contributed by atoms with Crippen LogP contribution in [0.15, 0.2) is 53.1 Å². The average Bonchev–Trinajstić information content (AvgIpc) is 3.56. The summed E-state index contributed by atoms with van der Waals surface area (Å²) in [5, 5.41) is 10.5. The highest BCUT2D eigenvalue weighted by Gasteiger charge is 2.31. The molecule has 1 saturated heterocycles. The van der Waals surface area contributed by atoms with E-state index in [0.29, 0.717) is 18.1 Å². The lowest BCUT2D eigenvalue weighted by Crippen LogP contribution is -2.45. The third-order valence-electron chi connectivity index (χ3n) is 10.4. The molecule has 0 radical (unpaired) electrons. The van der Waals surface area contributed by atoms with Gasteiger partial charge in [0.15, 0.2) is 0 Å². The fourth-order valence-electron chi connectivity index (χ4n) is 7.36. The molecule has 11 heteroatoms. The number of hydrogen-bond donors (Lipinski definition) is 0. The van der Waals surface area contributed by atoms with Crippen molar-refractivity contribution < 1.29 is 14.3 Å². The number of carbonyl (C=O) groups is 1. The van der Waals surface area contributed by atoms with Crippen LogP contribution in [-0.4, -0.2) is 77.1 Å². The topological polar surface area (TPSA) is 104 Å². The van der Waals surface area contributed by atoms with E-state index in [1.165, 1.54) is 22.5 Å². The molecule has 0 N–H and O–H groups in total. The van der Waals surface area contributed by atoms with E-state index >= 15 is 0 Å². The predicted molar refractivity (Wildman–Crippen MR) is 201 cm³/mol. The molecule has 10 nitrogen and oxygen atoms in total. The monoisotopic (exact) mass is 706 g/mol. The summed E-state index contributed by atoms with van der Waals surface area (Å²) in [6.07, 6.45) is 6.00. The van der Waals surface area contributed by atoms with Crippen LogP contribution in [0.4, 0.5) is 0 Å². The number of aromatic nitrogens is 2. The lowest BCUT2D eigenvalue weighted by Gasteiger charge is -2.38. The van der Waals surface area contributed by atoms with Crippen molar-refractivity contribution in [1.29, 1.82) is 5.26 Å². The van der Waals surface area contributed by atoms with Crippen molar-refractivity contribution in [2.45, 2.75) is 53.2 Å². The number of piperazine rings is 1. The van der Waals surface area contributed by atoms with Gasteiger partial charge < -0.3 is 18.9 Å². The van der Waals surface area contributed by atoms with Crippen molar-refractivity contribution in [1.82, 2.24) is 24.3 Å². The van der Waals surface area contributed by atoms with Crippen molar-refractivity contribution in [3.63, 3.8) is 0 Å². The van der Waals surface area contributed by atoms with E-state index in [1.54, 1.807) is 38.1 Å². The molecule has 51 heavy (non-hydrogen) atoms. The van der Waals surface area contributed by atoms with Crippen LogP contribution in [0.5, 0.6) is 11.5 Å². The fraction of sp³-hybridized carbons (Fsp3) is 0.400. The smallest absolute Gasteiger partial charge is 0.265 e. The third kappa shape index (κ3) is 7.35. The molecule has 4 aromatic rings. The van der Waals surface area contributed by atoms with Crippen molar-refractivity contribution in [3.05, 3.63) is 102 Å². The molecule has 2 aromatic heterocycles. The van der Waals surface area contributed by atoms with Crippen molar-refractivity contribution in [2.75, 3.05) is 46.9 Å². The Hall–Kier alpha value is -4.76. The van der Waals surface area contributed by atoms with Gasteiger partial charge in [0.05, 0.1) is 25.8 Å². The third-order valence-corrected chi connectivity index (χ3v) is 11.3. The van der Waals surface area contributed by atoms with Gasteiger partial charge in [-0.05, 0) is 80.1 Å². The highest BCUT2D eigenvalue weighted by Crippen LogP contribution is 2.38. The van der Waals surface area contributed by atoms with Crippen molar-refractivity contribution >= 4 is 23.3 Å². The summed E-state index contributed by atoms with van der Waals surface area (Å²) in [6, 6.07) is 12.5. The second kappa shape index (κ2) is 15.2. The Morgan fingerprint density at radius 3 is 2.29 bits per heavy atom. The van der Waals surface area contributed by atoms with Gasteiger partial charge in [-0.2, -0.15) is 5.26 Å². The molecule has 1 amide bonds. The Kier molecular flexibility index (Phi) is 10.8. The number of aryl methyl sites for hydroxylation is 2. The first-order valence-electron chi connectivity index (χ1n) is 17.4. The lowest BCUT2D eigenvalue weighted by molar-refractivity contribution is -0.129. The molecule has 1 unspecified atom stereocenters. The number of nitrogens with zero attached hydrogens (tertiary/aromatic N) is 6. The summed E-state index contributed by atoms with van der Waals surface area (Å²) >= 11 is 1.47. The lowest BCUT2D eigenvalue weighted by atomic mass is 9.89. The van der Waals surface area contributed by atoms with E-state index in [1.807, 2.05) is 44.0 Å². The summed E-state index contributed by atoms with van der Waals surface area (Å²) in [6.45, 7) is 13.6. The Labute approximate surface area is 304 Å². The van der Waals surface area contributed by atoms with E-state index in [0.717, 1.165) is 88.9 Å². The molecule has 1 fully saturated rings. The first kappa shape index (κ1) is 36.0. The van der Waals surface area contributed by atoms with E-state index in [9.17, 15) is 14.9 Å². The maximum Gasteiger partial charge on any atom is 0.265 e. The molecular formula is C40H46N6O4S. The van der Waals surface area contributed by atoms with Gasteiger partial charge in [0, 0.05) is 81.3 Å². The Balaban J connectivity index is 1.12. The number of hydrogen-bond acceptors (Lipinski definition) is 9. The number of pyridine rings is 1. The first-order chi connectivity index (χ1) is 24.5. The SMILES string of the molecule is COc1cc(-c2cn(C)c(=O)c(C)c2C)cc(OC)c1CN1CCN(Cc2cccc3c2CCN(C(=O)/C(C#N)=C/c2ncc(C)s2)C3C)CC1. The van der Waals surface area contributed by atoms with Crippen molar-refractivity contribution in [2.24, 2.45) is 7.05 Å². The van der Waals surface area contributed by atoms with Crippen LogP contribution in [-0.2, 0) is 31.4 Å². The van der Waals surface area contributed by atoms with Gasteiger partial charge in [0.2, 0.25) is 0 Å². The van der Waals surface area contributed by atoms with Crippen LogP contribution in [0.2, 0.25) is 0 Å². The van der Waals surface area contributed by atoms with Gasteiger partial charge >= 0.3 is 0 Å². The number of ether oxygens (including phenoxy) is 2. The molecule has 6 rings (SSSR count). The second-order valence-corrected chi connectivity index (χ2v) is 14.8. The number of rotatable bonds is 9. The molecule has 1 atom stereocenters.